The van der Waals surface area contributed by atoms with Crippen molar-refractivity contribution in [3.63, 3.8) is 0 Å². The molecule has 16 heavy (non-hydrogen) atoms. The number of nitro benzene ring substituents is 1. The summed E-state index contributed by atoms with van der Waals surface area (Å²) >= 11 is 5.88. The maximum atomic E-state index is 10.6. The molecule has 0 aliphatic heterocycles. The summed E-state index contributed by atoms with van der Waals surface area (Å²) in [7, 11) is 0. The van der Waals surface area contributed by atoms with Crippen molar-refractivity contribution < 1.29 is 9.72 Å². The van der Waals surface area contributed by atoms with Crippen LogP contribution in [-0.2, 0) is 4.79 Å². The quantitative estimate of drug-likeness (QED) is 0.351. The first-order chi connectivity index (χ1) is 7.58. The van der Waals surface area contributed by atoms with Gasteiger partial charge in [-0.1, -0.05) is 18.5 Å². The van der Waals surface area contributed by atoms with Gasteiger partial charge in [-0.3, -0.25) is 14.9 Å². The van der Waals surface area contributed by atoms with Gasteiger partial charge < -0.3 is 0 Å². The van der Waals surface area contributed by atoms with Gasteiger partial charge in [-0.25, -0.2) is 0 Å². The number of allylic oxidation sites excluding steroid dienone is 1. The zero-order chi connectivity index (χ0) is 12.1. The van der Waals surface area contributed by atoms with Crippen LogP contribution in [0.3, 0.4) is 0 Å². The third-order valence-electron chi connectivity index (χ3n) is 2.09. The monoisotopic (exact) mass is 239 g/mol. The zero-order valence-electron chi connectivity index (χ0n) is 8.64. The molecule has 0 aromatic heterocycles. The smallest absolute Gasteiger partial charge is 0.270 e. The van der Waals surface area contributed by atoms with E-state index in [1.807, 2.05) is 6.92 Å². The number of nitro groups is 1. The Hall–Kier alpha value is -1.68. The van der Waals surface area contributed by atoms with Gasteiger partial charge in [0.25, 0.3) is 5.69 Å². The Labute approximate surface area is 97.7 Å². The van der Waals surface area contributed by atoms with Crippen LogP contribution in [0, 0.1) is 10.1 Å². The second-order valence-corrected chi connectivity index (χ2v) is 3.56. The Kier molecular flexibility index (Phi) is 4.19. The predicted molar refractivity (Wildman–Crippen MR) is 62.4 cm³/mol. The van der Waals surface area contributed by atoms with Crippen molar-refractivity contribution in [3.8, 4) is 0 Å². The SMILES string of the molecule is CCC(C=O)=Cc1cc([N+](=O)[O-])ccc1Cl. The highest BCUT2D eigenvalue weighted by Crippen LogP contribution is 2.24. The summed E-state index contributed by atoms with van der Waals surface area (Å²) in [5.74, 6) is 0. The van der Waals surface area contributed by atoms with Crippen molar-refractivity contribution in [2.75, 3.05) is 0 Å². The minimum Gasteiger partial charge on any atom is -0.298 e. The maximum absolute atomic E-state index is 10.6. The second-order valence-electron chi connectivity index (χ2n) is 3.15. The lowest BCUT2D eigenvalue weighted by Gasteiger charge is -2.00. The summed E-state index contributed by atoms with van der Waals surface area (Å²) in [4.78, 5) is 20.7. The largest absolute Gasteiger partial charge is 0.298 e. The van der Waals surface area contributed by atoms with Crippen LogP contribution in [0.2, 0.25) is 5.02 Å². The van der Waals surface area contributed by atoms with Gasteiger partial charge in [0.1, 0.15) is 6.29 Å². The number of hydrogen-bond acceptors (Lipinski definition) is 3. The molecule has 4 nitrogen and oxygen atoms in total. The minimum absolute atomic E-state index is 0.0444. The summed E-state index contributed by atoms with van der Waals surface area (Å²) < 4.78 is 0. The van der Waals surface area contributed by atoms with Crippen LogP contribution < -0.4 is 0 Å². The molecule has 0 amide bonds. The third kappa shape index (κ3) is 2.90. The molecule has 0 N–H and O–H groups in total. The van der Waals surface area contributed by atoms with E-state index in [1.54, 1.807) is 6.08 Å². The van der Waals surface area contributed by atoms with E-state index in [2.05, 4.69) is 0 Å². The average Bonchev–Trinajstić information content (AvgIpc) is 2.27. The van der Waals surface area contributed by atoms with Crippen LogP contribution in [0.1, 0.15) is 18.9 Å². The molecule has 0 bridgehead atoms. The molecule has 0 unspecified atom stereocenters. The van der Waals surface area contributed by atoms with E-state index in [0.717, 1.165) is 6.29 Å². The lowest BCUT2D eigenvalue weighted by Crippen LogP contribution is -1.89. The summed E-state index contributed by atoms with van der Waals surface area (Å²) in [6.07, 6.45) is 2.83. The molecule has 0 atom stereocenters. The minimum atomic E-state index is -0.500. The van der Waals surface area contributed by atoms with Crippen LogP contribution in [0.25, 0.3) is 6.08 Å². The van der Waals surface area contributed by atoms with E-state index in [1.165, 1.54) is 18.2 Å². The van der Waals surface area contributed by atoms with E-state index in [9.17, 15) is 14.9 Å². The Bertz CT molecular complexity index is 455. The number of carbonyl (C=O) groups is 1. The number of halogens is 1. The topological polar surface area (TPSA) is 60.2 Å². The first kappa shape index (κ1) is 12.4. The first-order valence-corrected chi connectivity index (χ1v) is 5.06. The van der Waals surface area contributed by atoms with E-state index < -0.39 is 4.92 Å². The lowest BCUT2D eigenvalue weighted by atomic mass is 10.1. The van der Waals surface area contributed by atoms with Crippen LogP contribution in [0.5, 0.6) is 0 Å². The van der Waals surface area contributed by atoms with E-state index in [-0.39, 0.29) is 5.69 Å². The van der Waals surface area contributed by atoms with Crippen molar-refractivity contribution in [1.82, 2.24) is 0 Å². The fourth-order valence-corrected chi connectivity index (χ4v) is 1.35. The number of aldehydes is 1. The molecule has 0 saturated carbocycles. The molecular formula is C11H10ClNO3. The molecule has 0 radical (unpaired) electrons. The molecule has 0 spiro atoms. The van der Waals surface area contributed by atoms with E-state index in [0.29, 0.717) is 22.6 Å². The van der Waals surface area contributed by atoms with Gasteiger partial charge >= 0.3 is 0 Å². The third-order valence-corrected chi connectivity index (χ3v) is 2.44. The van der Waals surface area contributed by atoms with Crippen molar-refractivity contribution in [3.05, 3.63) is 44.5 Å². The van der Waals surface area contributed by atoms with Crippen molar-refractivity contribution in [2.45, 2.75) is 13.3 Å². The fraction of sp³-hybridized carbons (Fsp3) is 0.182. The Morgan fingerprint density at radius 3 is 2.75 bits per heavy atom. The number of carbonyl (C=O) groups excluding carboxylic acids is 1. The van der Waals surface area contributed by atoms with Crippen molar-refractivity contribution >= 4 is 29.7 Å². The van der Waals surface area contributed by atoms with Crippen molar-refractivity contribution in [1.29, 1.82) is 0 Å². The molecule has 1 aromatic rings. The molecule has 0 fully saturated rings. The number of non-ortho nitro benzene ring substituents is 1. The lowest BCUT2D eigenvalue weighted by molar-refractivity contribution is -0.384. The van der Waals surface area contributed by atoms with E-state index in [4.69, 9.17) is 11.6 Å². The van der Waals surface area contributed by atoms with Gasteiger partial charge in [0.05, 0.1) is 4.92 Å². The zero-order valence-corrected chi connectivity index (χ0v) is 9.40. The Morgan fingerprint density at radius 1 is 1.56 bits per heavy atom. The van der Waals surface area contributed by atoms with Crippen LogP contribution in [0.4, 0.5) is 5.69 Å². The molecule has 84 valence electrons. The van der Waals surface area contributed by atoms with Gasteiger partial charge in [0.15, 0.2) is 0 Å². The molecule has 1 rings (SSSR count). The van der Waals surface area contributed by atoms with Crippen molar-refractivity contribution in [2.24, 2.45) is 0 Å². The Balaban J connectivity index is 3.21. The van der Waals surface area contributed by atoms with Gasteiger partial charge in [0, 0.05) is 22.7 Å². The molecular weight excluding hydrogens is 230 g/mol. The number of hydrogen-bond donors (Lipinski definition) is 0. The molecule has 5 heteroatoms. The van der Waals surface area contributed by atoms with Crippen LogP contribution in [-0.4, -0.2) is 11.2 Å². The summed E-state index contributed by atoms with van der Waals surface area (Å²) in [5, 5.41) is 10.9. The van der Waals surface area contributed by atoms with Gasteiger partial charge in [-0.2, -0.15) is 0 Å². The van der Waals surface area contributed by atoms with Crippen LogP contribution in [0.15, 0.2) is 23.8 Å². The first-order valence-electron chi connectivity index (χ1n) is 4.68. The average molecular weight is 240 g/mol. The summed E-state index contributed by atoms with van der Waals surface area (Å²) in [5.41, 5.74) is 0.985. The molecule has 1 aromatic carbocycles. The van der Waals surface area contributed by atoms with Gasteiger partial charge in [0.2, 0.25) is 0 Å². The molecule has 0 aliphatic carbocycles. The Morgan fingerprint density at radius 2 is 2.25 bits per heavy atom. The molecule has 0 heterocycles. The number of nitrogens with zero attached hydrogens (tertiary/aromatic N) is 1. The maximum Gasteiger partial charge on any atom is 0.270 e. The highest BCUT2D eigenvalue weighted by atomic mass is 35.5. The van der Waals surface area contributed by atoms with Gasteiger partial charge in [-0.15, -0.1) is 0 Å². The standard InChI is InChI=1S/C11H10ClNO3/c1-2-8(7-14)5-9-6-10(13(15)16)3-4-11(9)12/h3-7H,2H2,1H3. The van der Waals surface area contributed by atoms with E-state index >= 15 is 0 Å². The molecule has 0 aliphatic rings. The highest BCUT2D eigenvalue weighted by Gasteiger charge is 2.08. The van der Waals surface area contributed by atoms with Gasteiger partial charge in [-0.05, 0) is 24.1 Å². The number of benzene rings is 1. The molecule has 0 saturated heterocycles. The van der Waals surface area contributed by atoms with Crippen LogP contribution >= 0.6 is 11.6 Å². The second kappa shape index (κ2) is 5.42. The summed E-state index contributed by atoms with van der Waals surface area (Å²) in [6, 6.07) is 4.12. The summed E-state index contributed by atoms with van der Waals surface area (Å²) in [6.45, 7) is 1.82. The number of rotatable bonds is 4. The normalized spacial score (nSPS) is 11.2. The predicted octanol–water partition coefficient (Wildman–Crippen LogP) is 3.24. The fourth-order valence-electron chi connectivity index (χ4n) is 1.17. The highest BCUT2D eigenvalue weighted by molar-refractivity contribution is 6.32.